The number of aliphatic hydroxyl groups excluding tert-OH is 1. The molecule has 1 saturated carbocycles. The van der Waals surface area contributed by atoms with Crippen molar-refractivity contribution in [1.82, 2.24) is 9.97 Å². The van der Waals surface area contributed by atoms with E-state index in [2.05, 4.69) is 15.3 Å². The molecule has 0 amide bonds. The van der Waals surface area contributed by atoms with Crippen LogP contribution >= 0.6 is 0 Å². The van der Waals surface area contributed by atoms with Crippen molar-refractivity contribution >= 4 is 11.7 Å². The Balaban J connectivity index is 2.03. The van der Waals surface area contributed by atoms with Crippen LogP contribution in [0.4, 0.5) is 5.69 Å². The molecule has 1 fully saturated rings. The van der Waals surface area contributed by atoms with Gasteiger partial charge in [0.1, 0.15) is 5.82 Å². The summed E-state index contributed by atoms with van der Waals surface area (Å²) in [6.07, 6.45) is 4.94. The lowest BCUT2D eigenvalue weighted by Crippen LogP contribution is -2.24. The van der Waals surface area contributed by atoms with Crippen LogP contribution < -0.4 is 5.32 Å². The van der Waals surface area contributed by atoms with Gasteiger partial charge < -0.3 is 15.5 Å². The van der Waals surface area contributed by atoms with Crippen LogP contribution in [0.5, 0.6) is 0 Å². The summed E-state index contributed by atoms with van der Waals surface area (Å²) in [5.41, 5.74) is 0.502. The number of carboxylic acid groups (broad SMARTS) is 1. The number of hydrogen-bond acceptors (Lipinski definition) is 5. The average molecular weight is 293 g/mol. The summed E-state index contributed by atoms with van der Waals surface area (Å²) in [4.78, 5) is 19.7. The van der Waals surface area contributed by atoms with E-state index in [1.165, 1.54) is 0 Å². The van der Waals surface area contributed by atoms with Gasteiger partial charge in [0.05, 0.1) is 18.0 Å². The van der Waals surface area contributed by atoms with Crippen molar-refractivity contribution in [3.8, 4) is 0 Å². The second-order valence-corrected chi connectivity index (χ2v) is 6.01. The third kappa shape index (κ3) is 4.14. The Kier molecular flexibility index (Phi) is 5.12. The molecule has 0 unspecified atom stereocenters. The van der Waals surface area contributed by atoms with Gasteiger partial charge in [0.2, 0.25) is 0 Å². The first-order chi connectivity index (χ1) is 9.97. The molecule has 0 radical (unpaired) electrons. The molecule has 1 heterocycles. The maximum Gasteiger partial charge on any atom is 0.356 e. The standard InChI is InChI=1S/C15H23N3O3/c1-9(2)14-17-8-12(13(18-14)15(20)21)16-7-10-3-5-11(19)6-4-10/h8-11,16,19H,3-7H2,1-2H3,(H,20,21). The highest BCUT2D eigenvalue weighted by Gasteiger charge is 2.21. The van der Waals surface area contributed by atoms with Crippen molar-refractivity contribution in [3.05, 3.63) is 17.7 Å². The van der Waals surface area contributed by atoms with Gasteiger partial charge >= 0.3 is 5.97 Å². The van der Waals surface area contributed by atoms with Gasteiger partial charge in [0, 0.05) is 12.5 Å². The molecule has 2 rings (SSSR count). The number of rotatable bonds is 5. The molecule has 116 valence electrons. The zero-order chi connectivity index (χ0) is 15.4. The summed E-state index contributed by atoms with van der Waals surface area (Å²) in [6, 6.07) is 0. The highest BCUT2D eigenvalue weighted by atomic mass is 16.4. The molecule has 0 spiro atoms. The van der Waals surface area contributed by atoms with Crippen LogP contribution in [0.3, 0.4) is 0 Å². The Hall–Kier alpha value is -1.69. The fourth-order valence-corrected chi connectivity index (χ4v) is 2.57. The fourth-order valence-electron chi connectivity index (χ4n) is 2.57. The minimum Gasteiger partial charge on any atom is -0.476 e. The maximum atomic E-state index is 11.3. The van der Waals surface area contributed by atoms with E-state index in [9.17, 15) is 15.0 Å². The Morgan fingerprint density at radius 1 is 1.38 bits per heavy atom. The number of aromatic nitrogens is 2. The van der Waals surface area contributed by atoms with Crippen LogP contribution in [0.25, 0.3) is 0 Å². The van der Waals surface area contributed by atoms with Gasteiger partial charge in [0.15, 0.2) is 5.69 Å². The quantitative estimate of drug-likeness (QED) is 0.770. The van der Waals surface area contributed by atoms with Gasteiger partial charge in [-0.05, 0) is 31.6 Å². The van der Waals surface area contributed by atoms with Crippen LogP contribution in [0.2, 0.25) is 0 Å². The zero-order valence-electron chi connectivity index (χ0n) is 12.5. The lowest BCUT2D eigenvalue weighted by atomic mass is 9.87. The molecule has 6 nitrogen and oxygen atoms in total. The third-order valence-corrected chi connectivity index (χ3v) is 3.92. The number of aliphatic hydroxyl groups is 1. The number of anilines is 1. The molecule has 1 aromatic rings. The predicted octanol–water partition coefficient (Wildman–Crippen LogP) is 2.26. The van der Waals surface area contributed by atoms with E-state index in [1.807, 2.05) is 13.8 Å². The van der Waals surface area contributed by atoms with E-state index >= 15 is 0 Å². The number of nitrogens with one attached hydrogen (secondary N) is 1. The normalized spacial score (nSPS) is 22.3. The Morgan fingerprint density at radius 3 is 2.62 bits per heavy atom. The molecule has 21 heavy (non-hydrogen) atoms. The summed E-state index contributed by atoms with van der Waals surface area (Å²) in [7, 11) is 0. The molecule has 0 atom stereocenters. The lowest BCUT2D eigenvalue weighted by Gasteiger charge is -2.26. The van der Waals surface area contributed by atoms with Gasteiger partial charge in [0.25, 0.3) is 0 Å². The molecule has 1 aliphatic carbocycles. The first-order valence-electron chi connectivity index (χ1n) is 7.49. The van der Waals surface area contributed by atoms with Crippen LogP contribution in [-0.2, 0) is 0 Å². The zero-order valence-corrected chi connectivity index (χ0v) is 12.5. The second kappa shape index (κ2) is 6.85. The van der Waals surface area contributed by atoms with Crippen LogP contribution in [-0.4, -0.2) is 38.8 Å². The molecule has 0 aliphatic heterocycles. The molecule has 0 bridgehead atoms. The van der Waals surface area contributed by atoms with Gasteiger partial charge in [-0.3, -0.25) is 0 Å². The van der Waals surface area contributed by atoms with Crippen LogP contribution in [0.1, 0.15) is 61.8 Å². The topological polar surface area (TPSA) is 95.3 Å². The summed E-state index contributed by atoms with van der Waals surface area (Å²) in [5.74, 6) is 0.0522. The van der Waals surface area contributed by atoms with Gasteiger partial charge in [-0.1, -0.05) is 13.8 Å². The molecule has 0 saturated heterocycles. The van der Waals surface area contributed by atoms with E-state index < -0.39 is 5.97 Å². The number of carboxylic acids is 1. The first-order valence-corrected chi connectivity index (χ1v) is 7.49. The third-order valence-electron chi connectivity index (χ3n) is 3.92. The average Bonchev–Trinajstić information content (AvgIpc) is 2.46. The minimum absolute atomic E-state index is 0.0320. The van der Waals surface area contributed by atoms with Crippen molar-refractivity contribution in [2.75, 3.05) is 11.9 Å². The highest BCUT2D eigenvalue weighted by Crippen LogP contribution is 2.25. The van der Waals surface area contributed by atoms with Gasteiger partial charge in [-0.25, -0.2) is 14.8 Å². The largest absolute Gasteiger partial charge is 0.476 e. The fraction of sp³-hybridized carbons (Fsp3) is 0.667. The van der Waals surface area contributed by atoms with Crippen molar-refractivity contribution in [1.29, 1.82) is 0 Å². The Bertz CT molecular complexity index is 497. The first kappa shape index (κ1) is 15.7. The summed E-state index contributed by atoms with van der Waals surface area (Å²) < 4.78 is 0. The van der Waals surface area contributed by atoms with E-state index in [0.717, 1.165) is 25.7 Å². The van der Waals surface area contributed by atoms with Crippen LogP contribution in [0, 0.1) is 5.92 Å². The van der Waals surface area contributed by atoms with Gasteiger partial charge in [-0.2, -0.15) is 0 Å². The molecule has 3 N–H and O–H groups in total. The number of aromatic carboxylic acids is 1. The second-order valence-electron chi connectivity index (χ2n) is 6.01. The molecule has 1 aliphatic rings. The molecular weight excluding hydrogens is 270 g/mol. The summed E-state index contributed by atoms with van der Waals surface area (Å²) in [5, 5.41) is 21.9. The molecule has 0 aromatic carbocycles. The van der Waals surface area contributed by atoms with E-state index in [4.69, 9.17) is 0 Å². The molecule has 6 heteroatoms. The van der Waals surface area contributed by atoms with Gasteiger partial charge in [-0.15, -0.1) is 0 Å². The SMILES string of the molecule is CC(C)c1ncc(NCC2CCC(O)CC2)c(C(=O)O)n1. The number of nitrogens with zero attached hydrogens (tertiary/aromatic N) is 2. The smallest absolute Gasteiger partial charge is 0.356 e. The molecular formula is C15H23N3O3. The summed E-state index contributed by atoms with van der Waals surface area (Å²) >= 11 is 0. The molecule has 1 aromatic heterocycles. The summed E-state index contributed by atoms with van der Waals surface area (Å²) in [6.45, 7) is 4.56. The Labute approximate surface area is 124 Å². The van der Waals surface area contributed by atoms with E-state index in [1.54, 1.807) is 6.20 Å². The highest BCUT2D eigenvalue weighted by molar-refractivity contribution is 5.91. The van der Waals surface area contributed by atoms with E-state index in [-0.39, 0.29) is 17.7 Å². The minimum atomic E-state index is -1.04. The number of hydrogen-bond donors (Lipinski definition) is 3. The van der Waals surface area contributed by atoms with Crippen molar-refractivity contribution < 1.29 is 15.0 Å². The van der Waals surface area contributed by atoms with E-state index in [0.29, 0.717) is 24.0 Å². The van der Waals surface area contributed by atoms with Crippen molar-refractivity contribution in [2.45, 2.75) is 51.6 Å². The maximum absolute atomic E-state index is 11.3. The van der Waals surface area contributed by atoms with Crippen LogP contribution in [0.15, 0.2) is 6.20 Å². The number of carbonyl (C=O) groups is 1. The monoisotopic (exact) mass is 293 g/mol. The lowest BCUT2D eigenvalue weighted by molar-refractivity contribution is 0.0691. The Morgan fingerprint density at radius 2 is 2.05 bits per heavy atom. The van der Waals surface area contributed by atoms with Crippen molar-refractivity contribution in [2.24, 2.45) is 5.92 Å². The van der Waals surface area contributed by atoms with Crippen molar-refractivity contribution in [3.63, 3.8) is 0 Å². The predicted molar refractivity (Wildman–Crippen MR) is 79.5 cm³/mol.